The first-order valence-electron chi connectivity index (χ1n) is 4.60. The van der Waals surface area contributed by atoms with Crippen LogP contribution < -0.4 is 0 Å². The summed E-state index contributed by atoms with van der Waals surface area (Å²) < 4.78 is 44.9. The van der Waals surface area contributed by atoms with Crippen molar-refractivity contribution in [3.63, 3.8) is 0 Å². The first kappa shape index (κ1) is 14.9. The van der Waals surface area contributed by atoms with Crippen molar-refractivity contribution in [3.05, 3.63) is 0 Å². The highest BCUT2D eigenvalue weighted by atomic mass is 28.4. The molecule has 0 aliphatic carbocycles. The second-order valence-electron chi connectivity index (χ2n) is 3.36. The number of carbonyl (C=O) groups is 2. The van der Waals surface area contributed by atoms with Gasteiger partial charge in [-0.3, -0.25) is 4.79 Å². The molecule has 0 saturated heterocycles. The lowest BCUT2D eigenvalue weighted by Gasteiger charge is -2.25. The molecular weight excluding hydrogens is 245 g/mol. The molecule has 0 aromatic heterocycles. The molecule has 0 saturated carbocycles. The van der Waals surface area contributed by atoms with Gasteiger partial charge in [-0.2, -0.15) is 13.2 Å². The van der Waals surface area contributed by atoms with Gasteiger partial charge in [0.1, 0.15) is 0 Å². The normalized spacial score (nSPS) is 15.1. The summed E-state index contributed by atoms with van der Waals surface area (Å²) in [6.45, 7) is 4.00. The summed E-state index contributed by atoms with van der Waals surface area (Å²) in [5, 5.41) is 0. The van der Waals surface area contributed by atoms with Crippen molar-refractivity contribution >= 4 is 20.5 Å². The van der Waals surface area contributed by atoms with E-state index in [9.17, 15) is 22.8 Å². The van der Waals surface area contributed by atoms with Crippen LogP contribution in [0.1, 0.15) is 20.3 Å². The predicted molar refractivity (Wildman–Crippen MR) is 50.6 cm³/mol. The Labute approximate surface area is 92.0 Å². The van der Waals surface area contributed by atoms with Gasteiger partial charge in [-0.1, -0.05) is 13.3 Å². The van der Waals surface area contributed by atoms with Gasteiger partial charge in [-0.25, -0.2) is 4.79 Å². The number of hydrogen-bond acceptors (Lipinski definition) is 4. The van der Waals surface area contributed by atoms with Crippen molar-refractivity contribution in [3.8, 4) is 0 Å². The summed E-state index contributed by atoms with van der Waals surface area (Å²) in [6.07, 6.45) is -4.61. The van der Waals surface area contributed by atoms with E-state index in [4.69, 9.17) is 4.43 Å². The van der Waals surface area contributed by atoms with Gasteiger partial charge in [-0.15, -0.1) is 0 Å². The van der Waals surface area contributed by atoms with Crippen molar-refractivity contribution in [2.24, 2.45) is 0 Å². The van der Waals surface area contributed by atoms with Gasteiger partial charge in [0.15, 0.2) is 0 Å². The molecule has 8 heteroatoms. The minimum absolute atomic E-state index is 0.133. The van der Waals surface area contributed by atoms with Crippen LogP contribution in [0, 0.1) is 0 Å². The molecule has 1 unspecified atom stereocenters. The third-order valence-corrected chi connectivity index (χ3v) is 4.35. The first-order chi connectivity index (χ1) is 7.10. The number of rotatable bonds is 4. The molecule has 0 bridgehead atoms. The van der Waals surface area contributed by atoms with Crippen LogP contribution in [0.25, 0.3) is 0 Å². The monoisotopic (exact) mass is 258 g/mol. The average Bonchev–Trinajstić information content (AvgIpc) is 1.99. The standard InChI is InChI=1S/C8H13F3O4Si/c1-4-5-16(3,14-6(2)12)15-7(13)8(9,10)11/h4-5H2,1-3H3. The van der Waals surface area contributed by atoms with Crippen molar-refractivity contribution in [1.29, 1.82) is 0 Å². The molecule has 0 fully saturated rings. The van der Waals surface area contributed by atoms with Crippen LogP contribution >= 0.6 is 0 Å². The van der Waals surface area contributed by atoms with Crippen LogP contribution in [0.3, 0.4) is 0 Å². The fourth-order valence-electron chi connectivity index (χ4n) is 1.14. The van der Waals surface area contributed by atoms with Crippen LogP contribution in [0.5, 0.6) is 0 Å². The summed E-state index contributed by atoms with van der Waals surface area (Å²) in [7, 11) is -3.40. The van der Waals surface area contributed by atoms with Crippen LogP contribution in [0.2, 0.25) is 12.6 Å². The molecule has 0 N–H and O–H groups in total. The van der Waals surface area contributed by atoms with E-state index in [1.165, 1.54) is 6.55 Å². The Kier molecular flexibility index (Phi) is 4.98. The lowest BCUT2D eigenvalue weighted by molar-refractivity contribution is -0.192. The first-order valence-corrected chi connectivity index (χ1v) is 7.13. The van der Waals surface area contributed by atoms with Crippen LogP contribution in [-0.2, 0) is 18.4 Å². The van der Waals surface area contributed by atoms with E-state index in [2.05, 4.69) is 4.43 Å². The zero-order valence-corrected chi connectivity index (χ0v) is 10.2. The number of halogens is 3. The van der Waals surface area contributed by atoms with E-state index in [1.54, 1.807) is 6.92 Å². The highest BCUT2D eigenvalue weighted by Crippen LogP contribution is 2.23. The highest BCUT2D eigenvalue weighted by molar-refractivity contribution is 6.69. The summed E-state index contributed by atoms with van der Waals surface area (Å²) in [6, 6.07) is 0.133. The maximum Gasteiger partial charge on any atom is 0.489 e. The van der Waals surface area contributed by atoms with Crippen LogP contribution in [-0.4, -0.2) is 26.7 Å². The fraction of sp³-hybridized carbons (Fsp3) is 0.750. The third kappa shape index (κ3) is 5.15. The molecule has 0 radical (unpaired) electrons. The van der Waals surface area contributed by atoms with E-state index in [0.29, 0.717) is 6.42 Å². The molecule has 94 valence electrons. The van der Waals surface area contributed by atoms with Crippen molar-refractivity contribution in [1.82, 2.24) is 0 Å². The Hall–Kier alpha value is -1.05. The quantitative estimate of drug-likeness (QED) is 0.725. The largest absolute Gasteiger partial charge is 0.489 e. The summed E-state index contributed by atoms with van der Waals surface area (Å²) in [4.78, 5) is 21.3. The fourth-order valence-corrected chi connectivity index (χ4v) is 3.41. The molecule has 16 heavy (non-hydrogen) atoms. The third-order valence-electron chi connectivity index (χ3n) is 1.60. The molecule has 0 aliphatic rings. The van der Waals surface area contributed by atoms with Gasteiger partial charge in [0.05, 0.1) is 0 Å². The topological polar surface area (TPSA) is 52.6 Å². The average molecular weight is 258 g/mol. The Balaban J connectivity index is 4.67. The summed E-state index contributed by atoms with van der Waals surface area (Å²) in [5.74, 6) is -3.06. The lowest BCUT2D eigenvalue weighted by Crippen LogP contribution is -2.45. The van der Waals surface area contributed by atoms with Gasteiger partial charge in [0.25, 0.3) is 5.97 Å². The van der Waals surface area contributed by atoms with Gasteiger partial charge in [0.2, 0.25) is 0 Å². The highest BCUT2D eigenvalue weighted by Gasteiger charge is 2.48. The molecular formula is C8H13F3O4Si. The minimum atomic E-state index is -5.07. The predicted octanol–water partition coefficient (Wildman–Crippen LogP) is 2.14. The molecule has 0 aromatic carbocycles. The van der Waals surface area contributed by atoms with Gasteiger partial charge < -0.3 is 8.85 Å². The van der Waals surface area contributed by atoms with E-state index in [0.717, 1.165) is 6.92 Å². The number of alkyl halides is 3. The smallest absolute Gasteiger partial charge is 0.485 e. The summed E-state index contributed by atoms with van der Waals surface area (Å²) in [5.41, 5.74) is 0. The molecule has 4 nitrogen and oxygen atoms in total. The molecule has 0 amide bonds. The van der Waals surface area contributed by atoms with Gasteiger partial charge >= 0.3 is 20.7 Å². The zero-order chi connectivity index (χ0) is 13.0. The van der Waals surface area contributed by atoms with Gasteiger partial charge in [-0.05, 0) is 0 Å². The lowest BCUT2D eigenvalue weighted by atomic mass is 10.6. The van der Waals surface area contributed by atoms with E-state index >= 15 is 0 Å². The summed E-state index contributed by atoms with van der Waals surface area (Å²) >= 11 is 0. The Morgan fingerprint density at radius 3 is 2.06 bits per heavy atom. The van der Waals surface area contributed by atoms with Crippen molar-refractivity contribution in [2.45, 2.75) is 39.0 Å². The Morgan fingerprint density at radius 1 is 1.25 bits per heavy atom. The molecule has 0 rings (SSSR count). The maximum absolute atomic E-state index is 12.0. The van der Waals surface area contributed by atoms with E-state index in [-0.39, 0.29) is 6.04 Å². The Bertz CT molecular complexity index is 279. The second-order valence-corrected chi connectivity index (χ2v) is 6.54. The van der Waals surface area contributed by atoms with E-state index < -0.39 is 26.7 Å². The molecule has 1 atom stereocenters. The van der Waals surface area contributed by atoms with Crippen molar-refractivity contribution in [2.75, 3.05) is 0 Å². The number of carbonyl (C=O) groups excluding carboxylic acids is 2. The maximum atomic E-state index is 12.0. The van der Waals surface area contributed by atoms with Gasteiger partial charge in [0, 0.05) is 19.5 Å². The Morgan fingerprint density at radius 2 is 1.75 bits per heavy atom. The van der Waals surface area contributed by atoms with Crippen LogP contribution in [0.4, 0.5) is 13.2 Å². The minimum Gasteiger partial charge on any atom is -0.485 e. The second kappa shape index (κ2) is 5.33. The SMILES string of the molecule is CCC[Si](C)(OC(C)=O)OC(=O)C(F)(F)F. The molecule has 0 heterocycles. The molecule has 0 spiro atoms. The van der Waals surface area contributed by atoms with Crippen molar-refractivity contribution < 1.29 is 31.6 Å². The van der Waals surface area contributed by atoms with E-state index in [1.807, 2.05) is 0 Å². The van der Waals surface area contributed by atoms with Crippen LogP contribution in [0.15, 0.2) is 0 Å². The molecule has 0 aliphatic heterocycles. The number of hydrogen-bond donors (Lipinski definition) is 0. The molecule has 0 aromatic rings. The zero-order valence-electron chi connectivity index (χ0n) is 9.18.